The highest BCUT2D eigenvalue weighted by atomic mass is 35.5. The number of hydrogen-bond donors (Lipinski definition) is 2. The number of anilines is 1. The predicted molar refractivity (Wildman–Crippen MR) is 92.0 cm³/mol. The number of hydrogen-bond acceptors (Lipinski definition) is 2. The smallest absolute Gasteiger partial charge is 0.317 e. The summed E-state index contributed by atoms with van der Waals surface area (Å²) in [5.74, 6) is -0.572. The van der Waals surface area contributed by atoms with Crippen LogP contribution in [0.15, 0.2) is 53.3 Å². The number of halogens is 2. The van der Waals surface area contributed by atoms with Crippen molar-refractivity contribution in [3.63, 3.8) is 0 Å². The summed E-state index contributed by atoms with van der Waals surface area (Å²) in [6, 6.07) is 13.6. The lowest BCUT2D eigenvalue weighted by atomic mass is 10.3. The molecule has 0 spiro atoms. The molecule has 1 heterocycles. The molecule has 0 fully saturated rings. The van der Waals surface area contributed by atoms with Gasteiger partial charge in [0.15, 0.2) is 5.69 Å². The third-order valence-corrected chi connectivity index (χ3v) is 4.07. The van der Waals surface area contributed by atoms with E-state index < -0.39 is 11.5 Å². The number of carbonyl (C=O) groups is 1. The Kier molecular flexibility index (Phi) is 4.42. The molecule has 8 heteroatoms. The van der Waals surface area contributed by atoms with Gasteiger partial charge in [0, 0.05) is 0 Å². The molecule has 3 rings (SSSR count). The van der Waals surface area contributed by atoms with Gasteiger partial charge >= 0.3 is 17.2 Å². The highest BCUT2D eigenvalue weighted by molar-refractivity contribution is 6.34. The number of nitrogens with zero attached hydrogens (tertiary/aromatic N) is 2. The predicted octanol–water partition coefficient (Wildman–Crippen LogP) is 2.55. The molecule has 24 heavy (non-hydrogen) atoms. The molecular formula is C16H13Cl2N4O2+. The van der Waals surface area contributed by atoms with Crippen LogP contribution >= 0.6 is 23.2 Å². The van der Waals surface area contributed by atoms with Gasteiger partial charge in [-0.25, -0.2) is 4.79 Å². The second-order valence-electron chi connectivity index (χ2n) is 5.03. The van der Waals surface area contributed by atoms with Gasteiger partial charge in [-0.15, -0.1) is 0 Å². The van der Waals surface area contributed by atoms with Crippen molar-refractivity contribution in [3.05, 3.63) is 74.6 Å². The minimum atomic E-state index is -0.572. The van der Waals surface area contributed by atoms with Crippen molar-refractivity contribution >= 4 is 34.8 Å². The van der Waals surface area contributed by atoms with Crippen LogP contribution in [-0.2, 0) is 7.05 Å². The van der Waals surface area contributed by atoms with Crippen LogP contribution in [0.1, 0.15) is 10.5 Å². The fourth-order valence-electron chi connectivity index (χ4n) is 2.28. The van der Waals surface area contributed by atoms with Crippen molar-refractivity contribution in [1.29, 1.82) is 0 Å². The van der Waals surface area contributed by atoms with Gasteiger partial charge in [0.1, 0.15) is 7.05 Å². The molecule has 2 N–H and O–H groups in total. The number of benzene rings is 2. The summed E-state index contributed by atoms with van der Waals surface area (Å²) in [6.45, 7) is 0. The zero-order valence-electron chi connectivity index (χ0n) is 12.6. The summed E-state index contributed by atoms with van der Waals surface area (Å²) in [6.07, 6.45) is 0. The van der Waals surface area contributed by atoms with E-state index in [0.29, 0.717) is 21.4 Å². The van der Waals surface area contributed by atoms with E-state index in [0.717, 1.165) is 0 Å². The second kappa shape index (κ2) is 6.51. The van der Waals surface area contributed by atoms with Gasteiger partial charge in [-0.2, -0.15) is 4.68 Å². The molecule has 0 atom stereocenters. The molecule has 0 unspecified atom stereocenters. The van der Waals surface area contributed by atoms with Crippen LogP contribution in [0.4, 0.5) is 5.69 Å². The molecule has 122 valence electrons. The van der Waals surface area contributed by atoms with Crippen molar-refractivity contribution in [2.75, 3.05) is 5.32 Å². The molecule has 0 aliphatic heterocycles. The first-order valence-corrected chi connectivity index (χ1v) is 7.76. The van der Waals surface area contributed by atoms with Gasteiger partial charge in [-0.1, -0.05) is 57.4 Å². The Labute approximate surface area is 147 Å². The number of nitrogens with one attached hydrogen (secondary N) is 2. The summed E-state index contributed by atoms with van der Waals surface area (Å²) in [4.78, 5) is 25.1. The number of rotatable bonds is 3. The first kappa shape index (κ1) is 16.3. The van der Waals surface area contributed by atoms with Gasteiger partial charge in [-0.3, -0.25) is 4.79 Å². The molecule has 0 saturated heterocycles. The minimum absolute atomic E-state index is 0.0742. The monoisotopic (exact) mass is 363 g/mol. The zero-order chi connectivity index (χ0) is 17.3. The Balaban J connectivity index is 2.01. The lowest BCUT2D eigenvalue weighted by Crippen LogP contribution is -2.41. The molecule has 1 amide bonds. The van der Waals surface area contributed by atoms with E-state index in [-0.39, 0.29) is 5.69 Å². The van der Waals surface area contributed by atoms with Crippen molar-refractivity contribution in [2.24, 2.45) is 7.05 Å². The van der Waals surface area contributed by atoms with E-state index in [2.05, 4.69) is 10.5 Å². The number of carbonyl (C=O) groups excluding carboxylic acids is 1. The van der Waals surface area contributed by atoms with Crippen LogP contribution in [-0.4, -0.2) is 15.8 Å². The summed E-state index contributed by atoms with van der Waals surface area (Å²) in [5, 5.41) is 6.20. The molecule has 0 aliphatic carbocycles. The summed E-state index contributed by atoms with van der Waals surface area (Å²) < 4.78 is 2.54. The largest absolute Gasteiger partial charge is 0.411 e. The van der Waals surface area contributed by atoms with Crippen molar-refractivity contribution < 1.29 is 9.48 Å². The van der Waals surface area contributed by atoms with Gasteiger partial charge in [0.05, 0.1) is 15.7 Å². The maximum absolute atomic E-state index is 12.6. The van der Waals surface area contributed by atoms with Crippen LogP contribution in [0.3, 0.4) is 0 Å². The van der Waals surface area contributed by atoms with Gasteiger partial charge in [0.2, 0.25) is 0 Å². The number of para-hydroxylation sites is 2. The van der Waals surface area contributed by atoms with E-state index in [9.17, 15) is 9.59 Å². The van der Waals surface area contributed by atoms with Gasteiger partial charge in [-0.05, 0) is 24.3 Å². The second-order valence-corrected chi connectivity index (χ2v) is 5.85. The maximum Gasteiger partial charge on any atom is 0.411 e. The molecular weight excluding hydrogens is 351 g/mol. The molecule has 0 bridgehead atoms. The van der Waals surface area contributed by atoms with Crippen molar-refractivity contribution in [2.45, 2.75) is 0 Å². The fraction of sp³-hybridized carbons (Fsp3) is 0.0625. The topological polar surface area (TPSA) is 70.8 Å². The average Bonchev–Trinajstić information content (AvgIpc) is 2.85. The van der Waals surface area contributed by atoms with E-state index in [1.165, 1.54) is 9.36 Å². The standard InChI is InChI=1S/C16H12Cl2N4O2/c1-21-14(15(23)19-12-8-4-2-6-10(12)17)16(24)22(20-21)13-9-5-3-7-11(13)18/h2-9H,1H3,(H-,19,20,23,24)/p+1. The number of aromatic nitrogens is 3. The summed E-state index contributed by atoms with van der Waals surface area (Å²) >= 11 is 12.1. The zero-order valence-corrected chi connectivity index (χ0v) is 14.1. The van der Waals surface area contributed by atoms with E-state index in [4.69, 9.17) is 23.2 Å². The summed E-state index contributed by atoms with van der Waals surface area (Å²) in [5.41, 5.74) is 0.288. The summed E-state index contributed by atoms with van der Waals surface area (Å²) in [7, 11) is 1.57. The average molecular weight is 364 g/mol. The number of amides is 1. The molecule has 1 aromatic heterocycles. The normalized spacial score (nSPS) is 10.6. The molecule has 6 nitrogen and oxygen atoms in total. The maximum atomic E-state index is 12.6. The quantitative estimate of drug-likeness (QED) is 0.702. The Morgan fingerprint density at radius 2 is 1.71 bits per heavy atom. The first-order chi connectivity index (χ1) is 11.5. The fourth-order valence-corrected chi connectivity index (χ4v) is 2.69. The van der Waals surface area contributed by atoms with Crippen LogP contribution in [0.25, 0.3) is 5.69 Å². The van der Waals surface area contributed by atoms with Gasteiger partial charge < -0.3 is 5.32 Å². The number of aryl methyl sites for hydroxylation is 1. The van der Waals surface area contributed by atoms with E-state index in [1.807, 2.05) is 0 Å². The number of H-pyrrole nitrogens is 1. The highest BCUT2D eigenvalue weighted by Gasteiger charge is 2.28. The molecule has 0 aliphatic rings. The Hall–Kier alpha value is -2.57. The minimum Gasteiger partial charge on any atom is -0.317 e. The van der Waals surface area contributed by atoms with Crippen LogP contribution in [0.5, 0.6) is 0 Å². The van der Waals surface area contributed by atoms with Crippen molar-refractivity contribution in [3.8, 4) is 5.69 Å². The Bertz CT molecular complexity index is 978. The van der Waals surface area contributed by atoms with Gasteiger partial charge in [0.25, 0.3) is 0 Å². The van der Waals surface area contributed by atoms with Crippen LogP contribution < -0.4 is 15.6 Å². The van der Waals surface area contributed by atoms with Crippen LogP contribution in [0.2, 0.25) is 10.0 Å². The molecule has 0 radical (unpaired) electrons. The number of aromatic amines is 1. The Morgan fingerprint density at radius 1 is 1.08 bits per heavy atom. The highest BCUT2D eigenvalue weighted by Crippen LogP contribution is 2.21. The lowest BCUT2D eigenvalue weighted by molar-refractivity contribution is -0.733. The van der Waals surface area contributed by atoms with E-state index in [1.54, 1.807) is 55.6 Å². The third kappa shape index (κ3) is 2.93. The van der Waals surface area contributed by atoms with E-state index >= 15 is 0 Å². The van der Waals surface area contributed by atoms with Crippen LogP contribution in [0, 0.1) is 0 Å². The Morgan fingerprint density at radius 3 is 2.38 bits per heavy atom. The third-order valence-electron chi connectivity index (χ3n) is 3.42. The molecule has 3 aromatic rings. The first-order valence-electron chi connectivity index (χ1n) is 7.01. The molecule has 0 saturated carbocycles. The molecule has 2 aromatic carbocycles. The SMILES string of the molecule is C[n+]1[nH]n(-c2ccccc2Cl)c(=O)c1C(=O)Nc1ccccc1Cl. The lowest BCUT2D eigenvalue weighted by Gasteiger charge is -2.03. The van der Waals surface area contributed by atoms with Crippen molar-refractivity contribution in [1.82, 2.24) is 9.90 Å².